The smallest absolute Gasteiger partial charge is 0.221 e. The van der Waals surface area contributed by atoms with Crippen LogP contribution >= 0.6 is 11.3 Å². The lowest BCUT2D eigenvalue weighted by Crippen LogP contribution is -2.35. The fraction of sp³-hybridized carbons (Fsp3) is 0.208. The quantitative estimate of drug-likeness (QED) is 0.359. The highest BCUT2D eigenvalue weighted by molar-refractivity contribution is 7.22. The molecule has 4 N–H and O–H groups in total. The summed E-state index contributed by atoms with van der Waals surface area (Å²) in [6, 6.07) is 15.0. The molecular formula is C24H23N7OS. The first kappa shape index (κ1) is 20.1. The van der Waals surface area contributed by atoms with Gasteiger partial charge < -0.3 is 15.8 Å². The van der Waals surface area contributed by atoms with Crippen LogP contribution in [0.25, 0.3) is 31.4 Å². The summed E-state index contributed by atoms with van der Waals surface area (Å²) in [6.07, 6.45) is 3.48. The fourth-order valence-electron chi connectivity index (χ4n) is 4.26. The van der Waals surface area contributed by atoms with Crippen LogP contribution in [0.3, 0.4) is 0 Å². The number of benzene rings is 2. The van der Waals surface area contributed by atoms with Crippen molar-refractivity contribution in [2.75, 3.05) is 37.4 Å². The standard InChI is InChI=1S/C24H23N7OS/c25-24-26-4-3-22(29-24)28-18-10-17-13-27-30-23(17)19(12-18)21-11-16-9-15(1-2-20(16)33-21)14-31-5-7-32-8-6-31/h1-4,9-13H,5-8,14H2,(H,27,30)(H3,25,26,28,29). The number of rotatable bonds is 5. The second-order valence-corrected chi connectivity index (χ2v) is 9.24. The van der Waals surface area contributed by atoms with Gasteiger partial charge in [-0.25, -0.2) is 4.98 Å². The summed E-state index contributed by atoms with van der Waals surface area (Å²) in [5, 5.41) is 13.1. The first-order valence-corrected chi connectivity index (χ1v) is 11.7. The second-order valence-electron chi connectivity index (χ2n) is 8.15. The molecule has 1 aliphatic heterocycles. The minimum Gasteiger partial charge on any atom is -0.379 e. The number of nitrogens with one attached hydrogen (secondary N) is 2. The molecule has 4 heterocycles. The lowest BCUT2D eigenvalue weighted by atomic mass is 10.1. The summed E-state index contributed by atoms with van der Waals surface area (Å²) >= 11 is 1.79. The van der Waals surface area contributed by atoms with Crippen LogP contribution in [0.2, 0.25) is 0 Å². The van der Waals surface area contributed by atoms with Gasteiger partial charge >= 0.3 is 0 Å². The molecule has 166 valence electrons. The normalized spacial score (nSPS) is 14.8. The number of ether oxygens (including phenoxy) is 1. The van der Waals surface area contributed by atoms with Crippen molar-refractivity contribution in [3.05, 3.63) is 60.4 Å². The maximum atomic E-state index is 5.74. The Labute approximate surface area is 194 Å². The summed E-state index contributed by atoms with van der Waals surface area (Å²) in [5.41, 5.74) is 10.1. The zero-order chi connectivity index (χ0) is 22.2. The van der Waals surface area contributed by atoms with Crippen LogP contribution < -0.4 is 11.1 Å². The van der Waals surface area contributed by atoms with Crippen LogP contribution in [0.4, 0.5) is 17.5 Å². The third kappa shape index (κ3) is 4.13. The van der Waals surface area contributed by atoms with E-state index in [9.17, 15) is 0 Å². The molecule has 0 bridgehead atoms. The summed E-state index contributed by atoms with van der Waals surface area (Å²) < 4.78 is 6.74. The van der Waals surface area contributed by atoms with Crippen molar-refractivity contribution in [3.63, 3.8) is 0 Å². The van der Waals surface area contributed by atoms with Crippen LogP contribution in [0.15, 0.2) is 54.9 Å². The van der Waals surface area contributed by atoms with Gasteiger partial charge in [-0.15, -0.1) is 11.3 Å². The molecule has 1 saturated heterocycles. The lowest BCUT2D eigenvalue weighted by molar-refractivity contribution is 0.0342. The molecule has 0 amide bonds. The molecule has 0 radical (unpaired) electrons. The number of hydrogen-bond acceptors (Lipinski definition) is 8. The molecule has 8 nitrogen and oxygen atoms in total. The van der Waals surface area contributed by atoms with E-state index in [1.54, 1.807) is 23.6 Å². The molecule has 1 aliphatic rings. The van der Waals surface area contributed by atoms with Gasteiger partial charge in [0.25, 0.3) is 0 Å². The zero-order valence-electron chi connectivity index (χ0n) is 17.9. The van der Waals surface area contributed by atoms with Crippen LogP contribution in [0.5, 0.6) is 0 Å². The van der Waals surface area contributed by atoms with Gasteiger partial charge in [-0.3, -0.25) is 10.00 Å². The van der Waals surface area contributed by atoms with Gasteiger partial charge in [-0.1, -0.05) is 6.07 Å². The lowest BCUT2D eigenvalue weighted by Gasteiger charge is -2.26. The molecule has 33 heavy (non-hydrogen) atoms. The van der Waals surface area contributed by atoms with Gasteiger partial charge in [-0.05, 0) is 47.3 Å². The van der Waals surface area contributed by atoms with Crippen molar-refractivity contribution in [3.8, 4) is 10.4 Å². The van der Waals surface area contributed by atoms with Crippen molar-refractivity contribution >= 4 is 49.8 Å². The van der Waals surface area contributed by atoms with Gasteiger partial charge in [0.2, 0.25) is 5.95 Å². The molecule has 0 saturated carbocycles. The molecule has 5 aromatic rings. The number of aromatic nitrogens is 4. The van der Waals surface area contributed by atoms with E-state index >= 15 is 0 Å². The van der Waals surface area contributed by atoms with E-state index in [0.29, 0.717) is 5.82 Å². The molecule has 0 atom stereocenters. The van der Waals surface area contributed by atoms with Crippen LogP contribution in [0.1, 0.15) is 5.56 Å². The molecule has 6 rings (SSSR count). The molecule has 2 aromatic carbocycles. The number of hydrogen-bond donors (Lipinski definition) is 3. The number of anilines is 3. The van der Waals surface area contributed by atoms with E-state index in [2.05, 4.69) is 60.7 Å². The van der Waals surface area contributed by atoms with Gasteiger partial charge in [0.1, 0.15) is 5.82 Å². The van der Waals surface area contributed by atoms with Crippen LogP contribution in [-0.4, -0.2) is 51.4 Å². The van der Waals surface area contributed by atoms with Crippen molar-refractivity contribution in [1.29, 1.82) is 0 Å². The van der Waals surface area contributed by atoms with Gasteiger partial charge in [-0.2, -0.15) is 10.1 Å². The monoisotopic (exact) mass is 457 g/mol. The van der Waals surface area contributed by atoms with E-state index in [0.717, 1.165) is 55.0 Å². The van der Waals surface area contributed by atoms with Crippen molar-refractivity contribution in [2.24, 2.45) is 0 Å². The Morgan fingerprint density at radius 3 is 2.88 bits per heavy atom. The highest BCUT2D eigenvalue weighted by atomic mass is 32.1. The van der Waals surface area contributed by atoms with E-state index in [1.165, 1.54) is 20.5 Å². The number of nitrogen functional groups attached to an aromatic ring is 1. The molecule has 0 spiro atoms. The number of morpholine rings is 1. The number of fused-ring (bicyclic) bond motifs is 2. The summed E-state index contributed by atoms with van der Waals surface area (Å²) in [5.74, 6) is 0.891. The maximum Gasteiger partial charge on any atom is 0.221 e. The number of nitrogens with zero attached hydrogens (tertiary/aromatic N) is 4. The van der Waals surface area contributed by atoms with Crippen molar-refractivity contribution < 1.29 is 4.74 Å². The number of thiophene rings is 1. The van der Waals surface area contributed by atoms with E-state index in [-0.39, 0.29) is 5.95 Å². The Hall–Kier alpha value is -3.53. The molecule has 3 aromatic heterocycles. The molecule has 1 fully saturated rings. The minimum atomic E-state index is 0.238. The first-order chi connectivity index (χ1) is 16.2. The average molecular weight is 458 g/mol. The Balaban J connectivity index is 1.35. The topological polar surface area (TPSA) is 105 Å². The Morgan fingerprint density at radius 1 is 1.09 bits per heavy atom. The molecule has 0 unspecified atom stereocenters. The molecular weight excluding hydrogens is 434 g/mol. The zero-order valence-corrected chi connectivity index (χ0v) is 18.7. The number of nitrogens with two attached hydrogens (primary N) is 1. The van der Waals surface area contributed by atoms with Crippen LogP contribution in [0, 0.1) is 0 Å². The predicted octanol–water partition coefficient (Wildman–Crippen LogP) is 4.39. The Bertz CT molecular complexity index is 1440. The van der Waals surface area contributed by atoms with Gasteiger partial charge in [0.05, 0.1) is 24.9 Å². The Morgan fingerprint density at radius 2 is 2.00 bits per heavy atom. The molecule has 9 heteroatoms. The third-order valence-electron chi connectivity index (χ3n) is 5.85. The third-order valence-corrected chi connectivity index (χ3v) is 7.00. The van der Waals surface area contributed by atoms with E-state index < -0.39 is 0 Å². The fourth-order valence-corrected chi connectivity index (χ4v) is 5.32. The highest BCUT2D eigenvalue weighted by Crippen LogP contribution is 2.39. The average Bonchev–Trinajstić information content (AvgIpc) is 3.46. The SMILES string of the molecule is Nc1nccc(Nc2cc(-c3cc4cc(CN5CCOCC5)ccc4s3)c3[nH]ncc3c2)n1. The number of H-pyrrole nitrogens is 1. The van der Waals surface area contributed by atoms with Gasteiger partial charge in [0.15, 0.2) is 0 Å². The van der Waals surface area contributed by atoms with Crippen molar-refractivity contribution in [1.82, 2.24) is 25.1 Å². The van der Waals surface area contributed by atoms with Crippen molar-refractivity contribution in [2.45, 2.75) is 6.54 Å². The molecule has 0 aliphatic carbocycles. The van der Waals surface area contributed by atoms with Crippen LogP contribution in [-0.2, 0) is 11.3 Å². The largest absolute Gasteiger partial charge is 0.379 e. The van der Waals surface area contributed by atoms with E-state index in [1.807, 2.05) is 12.3 Å². The Kier molecular flexibility index (Phi) is 5.14. The summed E-state index contributed by atoms with van der Waals surface area (Å²) in [6.45, 7) is 4.57. The summed E-state index contributed by atoms with van der Waals surface area (Å²) in [7, 11) is 0. The second kappa shape index (κ2) is 8.43. The van der Waals surface area contributed by atoms with E-state index in [4.69, 9.17) is 10.5 Å². The summed E-state index contributed by atoms with van der Waals surface area (Å²) in [4.78, 5) is 11.8. The predicted molar refractivity (Wildman–Crippen MR) is 133 cm³/mol. The minimum absolute atomic E-state index is 0.238. The maximum absolute atomic E-state index is 5.74. The van der Waals surface area contributed by atoms with Gasteiger partial charge in [0, 0.05) is 52.0 Å². The first-order valence-electron chi connectivity index (χ1n) is 10.9. The number of aromatic amines is 1. The highest BCUT2D eigenvalue weighted by Gasteiger charge is 2.14.